The van der Waals surface area contributed by atoms with E-state index in [2.05, 4.69) is 6.58 Å². The number of thiocarbonyl (C=S) groups is 1. The lowest BCUT2D eigenvalue weighted by atomic mass is 10.1. The van der Waals surface area contributed by atoms with Gasteiger partial charge in [-0.05, 0) is 55.0 Å². The van der Waals surface area contributed by atoms with E-state index in [0.29, 0.717) is 39.0 Å². The number of thioether (sulfide) groups is 1. The molecule has 1 amide bonds. The number of hydrogen-bond acceptors (Lipinski definition) is 6. The minimum Gasteiger partial charge on any atom is -0.490 e. The SMILES string of the molecule is C=CCOc1c(Cl)cc(/C=C2/SC(=S)N(c3ccc(N(C)C)cc3)C2=O)cc1OCC. The summed E-state index contributed by atoms with van der Waals surface area (Å²) in [5, 5.41) is 0.397. The second-order valence-electron chi connectivity index (χ2n) is 6.79. The molecule has 0 aromatic heterocycles. The molecule has 0 radical (unpaired) electrons. The summed E-state index contributed by atoms with van der Waals surface area (Å²) in [7, 11) is 3.93. The zero-order valence-electron chi connectivity index (χ0n) is 17.6. The Bertz CT molecular complexity index is 1040. The molecule has 1 saturated heterocycles. The van der Waals surface area contributed by atoms with Crippen LogP contribution < -0.4 is 19.3 Å². The molecule has 31 heavy (non-hydrogen) atoms. The number of carbonyl (C=O) groups is 1. The maximum atomic E-state index is 13.1. The van der Waals surface area contributed by atoms with Gasteiger partial charge in [0.2, 0.25) is 0 Å². The Morgan fingerprint density at radius 2 is 1.94 bits per heavy atom. The van der Waals surface area contributed by atoms with Crippen LogP contribution in [-0.4, -0.2) is 37.5 Å². The minimum absolute atomic E-state index is 0.173. The summed E-state index contributed by atoms with van der Waals surface area (Å²) in [6.07, 6.45) is 3.40. The fourth-order valence-corrected chi connectivity index (χ4v) is 4.53. The Hall–Kier alpha value is -2.48. The second-order valence-corrected chi connectivity index (χ2v) is 8.87. The van der Waals surface area contributed by atoms with Crippen LogP contribution in [-0.2, 0) is 4.79 Å². The van der Waals surface area contributed by atoms with Crippen molar-refractivity contribution in [3.8, 4) is 11.5 Å². The van der Waals surface area contributed by atoms with Crippen LogP contribution in [0.25, 0.3) is 6.08 Å². The van der Waals surface area contributed by atoms with Gasteiger partial charge in [0.1, 0.15) is 6.61 Å². The number of hydrogen-bond donors (Lipinski definition) is 0. The number of rotatable bonds is 8. The molecule has 1 aliphatic heterocycles. The number of amides is 1. The van der Waals surface area contributed by atoms with Gasteiger partial charge in [-0.1, -0.05) is 48.2 Å². The van der Waals surface area contributed by atoms with Gasteiger partial charge >= 0.3 is 0 Å². The summed E-state index contributed by atoms with van der Waals surface area (Å²) in [5.74, 6) is 0.792. The molecule has 8 heteroatoms. The number of benzene rings is 2. The van der Waals surface area contributed by atoms with Crippen molar-refractivity contribution in [1.29, 1.82) is 0 Å². The monoisotopic (exact) mass is 474 g/mol. The van der Waals surface area contributed by atoms with Crippen molar-refractivity contribution in [2.24, 2.45) is 0 Å². The highest BCUT2D eigenvalue weighted by atomic mass is 35.5. The van der Waals surface area contributed by atoms with Crippen LogP contribution in [0.1, 0.15) is 12.5 Å². The highest BCUT2D eigenvalue weighted by molar-refractivity contribution is 8.27. The first-order valence-corrected chi connectivity index (χ1v) is 11.2. The molecular weight excluding hydrogens is 452 g/mol. The summed E-state index contributed by atoms with van der Waals surface area (Å²) in [6, 6.07) is 11.2. The summed E-state index contributed by atoms with van der Waals surface area (Å²) >= 11 is 13.2. The van der Waals surface area contributed by atoms with Crippen LogP contribution in [0.5, 0.6) is 11.5 Å². The van der Waals surface area contributed by atoms with Gasteiger partial charge in [-0.2, -0.15) is 0 Å². The van der Waals surface area contributed by atoms with Crippen LogP contribution >= 0.6 is 35.6 Å². The number of anilines is 2. The maximum Gasteiger partial charge on any atom is 0.270 e. The third-order valence-electron chi connectivity index (χ3n) is 4.39. The summed E-state index contributed by atoms with van der Waals surface area (Å²) in [5.41, 5.74) is 2.50. The van der Waals surface area contributed by atoms with Gasteiger partial charge < -0.3 is 14.4 Å². The van der Waals surface area contributed by atoms with Gasteiger partial charge in [-0.15, -0.1) is 0 Å². The molecule has 1 aliphatic rings. The average molecular weight is 475 g/mol. The summed E-state index contributed by atoms with van der Waals surface area (Å²) in [4.78, 5) is 17.1. The Morgan fingerprint density at radius 3 is 2.55 bits per heavy atom. The van der Waals surface area contributed by atoms with E-state index in [-0.39, 0.29) is 5.91 Å². The second kappa shape index (κ2) is 10.2. The highest BCUT2D eigenvalue weighted by Gasteiger charge is 2.33. The molecular formula is C23H23ClN2O3S2. The van der Waals surface area contributed by atoms with Gasteiger partial charge in [-0.3, -0.25) is 9.69 Å². The smallest absolute Gasteiger partial charge is 0.270 e. The number of halogens is 1. The Labute approximate surface area is 197 Å². The topological polar surface area (TPSA) is 42.0 Å². The van der Waals surface area contributed by atoms with Crippen molar-refractivity contribution in [3.05, 3.63) is 64.5 Å². The van der Waals surface area contributed by atoms with Crippen molar-refractivity contribution >= 4 is 63.3 Å². The lowest BCUT2D eigenvalue weighted by Crippen LogP contribution is -2.27. The van der Waals surface area contributed by atoms with Crippen molar-refractivity contribution in [1.82, 2.24) is 0 Å². The standard InChI is InChI=1S/C23H23ClN2O3S2/c1-5-11-29-21-18(24)12-15(13-19(21)28-6-2)14-20-22(27)26(23(30)31-20)17-9-7-16(8-10-17)25(3)4/h5,7-10,12-14H,1,6,11H2,2-4H3/b20-14+. The highest BCUT2D eigenvalue weighted by Crippen LogP contribution is 2.40. The predicted molar refractivity (Wildman–Crippen MR) is 135 cm³/mol. The van der Waals surface area contributed by atoms with E-state index >= 15 is 0 Å². The number of ether oxygens (including phenoxy) is 2. The first-order valence-electron chi connectivity index (χ1n) is 9.61. The predicted octanol–water partition coefficient (Wildman–Crippen LogP) is 5.78. The molecule has 5 nitrogen and oxygen atoms in total. The van der Waals surface area contributed by atoms with Crippen LogP contribution in [0.3, 0.4) is 0 Å². The van der Waals surface area contributed by atoms with Crippen molar-refractivity contribution in [2.45, 2.75) is 6.92 Å². The molecule has 3 rings (SSSR count). The van der Waals surface area contributed by atoms with Gasteiger partial charge in [0.05, 0.1) is 22.2 Å². The molecule has 1 fully saturated rings. The zero-order chi connectivity index (χ0) is 22.5. The third kappa shape index (κ3) is 5.23. The van der Waals surface area contributed by atoms with Crippen LogP contribution in [0.4, 0.5) is 11.4 Å². The molecule has 162 valence electrons. The molecule has 0 N–H and O–H groups in total. The fourth-order valence-electron chi connectivity index (χ4n) is 2.96. The Balaban J connectivity index is 1.90. The molecule has 0 spiro atoms. The molecule has 2 aromatic rings. The molecule has 0 aliphatic carbocycles. The van der Waals surface area contributed by atoms with Crippen molar-refractivity contribution < 1.29 is 14.3 Å². The van der Waals surface area contributed by atoms with Crippen LogP contribution in [0.15, 0.2) is 54.0 Å². The van der Waals surface area contributed by atoms with Crippen molar-refractivity contribution in [3.63, 3.8) is 0 Å². The minimum atomic E-state index is -0.173. The molecule has 2 aromatic carbocycles. The fraction of sp³-hybridized carbons (Fsp3) is 0.217. The van der Waals surface area contributed by atoms with E-state index in [1.165, 1.54) is 16.7 Å². The van der Waals surface area contributed by atoms with Gasteiger partial charge in [0.15, 0.2) is 15.8 Å². The van der Waals surface area contributed by atoms with Crippen LogP contribution in [0, 0.1) is 0 Å². The van der Waals surface area contributed by atoms with E-state index in [0.717, 1.165) is 16.9 Å². The largest absolute Gasteiger partial charge is 0.490 e. The van der Waals surface area contributed by atoms with E-state index in [1.54, 1.807) is 24.3 Å². The molecule has 0 bridgehead atoms. The zero-order valence-corrected chi connectivity index (χ0v) is 19.9. The van der Waals surface area contributed by atoms with Crippen LogP contribution in [0.2, 0.25) is 5.02 Å². The lowest BCUT2D eigenvalue weighted by Gasteiger charge is -2.17. The molecule has 0 unspecified atom stereocenters. The average Bonchev–Trinajstić information content (AvgIpc) is 3.00. The van der Waals surface area contributed by atoms with E-state index < -0.39 is 0 Å². The Kier molecular flexibility index (Phi) is 7.64. The van der Waals surface area contributed by atoms with Gasteiger partial charge in [0, 0.05) is 19.8 Å². The van der Waals surface area contributed by atoms with Crippen molar-refractivity contribution in [2.75, 3.05) is 37.1 Å². The van der Waals surface area contributed by atoms with E-state index in [4.69, 9.17) is 33.3 Å². The van der Waals surface area contributed by atoms with Gasteiger partial charge in [0.25, 0.3) is 5.91 Å². The number of carbonyl (C=O) groups excluding carboxylic acids is 1. The quantitative estimate of drug-likeness (QED) is 0.274. The summed E-state index contributed by atoms with van der Waals surface area (Å²) in [6.45, 7) is 6.29. The molecule has 0 saturated carbocycles. The maximum absolute atomic E-state index is 13.1. The molecule has 1 heterocycles. The van der Waals surface area contributed by atoms with Gasteiger partial charge in [-0.25, -0.2) is 0 Å². The lowest BCUT2D eigenvalue weighted by molar-refractivity contribution is -0.113. The van der Waals surface area contributed by atoms with E-state index in [1.807, 2.05) is 50.2 Å². The number of nitrogens with zero attached hydrogens (tertiary/aromatic N) is 2. The first kappa shape index (κ1) is 23.2. The summed E-state index contributed by atoms with van der Waals surface area (Å²) < 4.78 is 11.8. The van der Waals surface area contributed by atoms with E-state index in [9.17, 15) is 4.79 Å². The molecule has 0 atom stereocenters. The third-order valence-corrected chi connectivity index (χ3v) is 5.98. The first-order chi connectivity index (χ1) is 14.8. The normalized spacial score (nSPS) is 14.8. The Morgan fingerprint density at radius 1 is 1.23 bits per heavy atom.